The smallest absolute Gasteiger partial charge is 0.332 e. The van der Waals surface area contributed by atoms with E-state index in [4.69, 9.17) is 9.84 Å². The SMILES string of the molecule is O=c1ccn([C@@]2(F)CC[C@@H](CO)O2)c(=O)[nH]1. The van der Waals surface area contributed by atoms with Crippen LogP contribution in [0.2, 0.25) is 0 Å². The molecule has 2 atom stereocenters. The first-order valence-electron chi connectivity index (χ1n) is 4.85. The van der Waals surface area contributed by atoms with E-state index in [-0.39, 0.29) is 13.0 Å². The van der Waals surface area contributed by atoms with Gasteiger partial charge in [-0.15, -0.1) is 0 Å². The lowest BCUT2D eigenvalue weighted by Crippen LogP contribution is -2.41. The molecule has 0 saturated carbocycles. The molecule has 0 spiro atoms. The molecule has 1 saturated heterocycles. The number of aromatic amines is 1. The maximum absolute atomic E-state index is 14.2. The quantitative estimate of drug-likeness (QED) is 0.702. The minimum absolute atomic E-state index is 0.0375. The van der Waals surface area contributed by atoms with Crippen molar-refractivity contribution in [3.05, 3.63) is 33.1 Å². The second-order valence-corrected chi connectivity index (χ2v) is 3.63. The topological polar surface area (TPSA) is 84.3 Å². The predicted molar refractivity (Wildman–Crippen MR) is 51.6 cm³/mol. The van der Waals surface area contributed by atoms with Crippen LogP contribution in [0.5, 0.6) is 0 Å². The first-order valence-corrected chi connectivity index (χ1v) is 4.85. The van der Waals surface area contributed by atoms with E-state index in [9.17, 15) is 14.0 Å². The summed E-state index contributed by atoms with van der Waals surface area (Å²) >= 11 is 0. The fourth-order valence-electron chi connectivity index (χ4n) is 1.70. The van der Waals surface area contributed by atoms with Gasteiger partial charge in [-0.3, -0.25) is 9.78 Å². The van der Waals surface area contributed by atoms with Crippen molar-refractivity contribution < 1.29 is 14.2 Å². The van der Waals surface area contributed by atoms with Crippen molar-refractivity contribution in [3.8, 4) is 0 Å². The van der Waals surface area contributed by atoms with Crippen molar-refractivity contribution in [2.24, 2.45) is 0 Å². The van der Waals surface area contributed by atoms with Crippen LogP contribution < -0.4 is 11.2 Å². The van der Waals surface area contributed by atoms with Crippen molar-refractivity contribution in [1.29, 1.82) is 0 Å². The highest BCUT2D eigenvalue weighted by molar-refractivity contribution is 4.88. The average Bonchev–Trinajstić information content (AvgIpc) is 2.61. The van der Waals surface area contributed by atoms with Gasteiger partial charge in [0.1, 0.15) is 0 Å². The molecule has 1 fully saturated rings. The zero-order chi connectivity index (χ0) is 11.8. The molecule has 1 aromatic rings. The van der Waals surface area contributed by atoms with Gasteiger partial charge in [0.05, 0.1) is 12.7 Å². The number of H-pyrrole nitrogens is 1. The van der Waals surface area contributed by atoms with Gasteiger partial charge in [-0.05, 0) is 6.42 Å². The number of hydrogen-bond donors (Lipinski definition) is 2. The monoisotopic (exact) mass is 230 g/mol. The molecule has 2 N–H and O–H groups in total. The molecule has 16 heavy (non-hydrogen) atoms. The Kier molecular flexibility index (Phi) is 2.64. The highest BCUT2D eigenvalue weighted by atomic mass is 19.2. The van der Waals surface area contributed by atoms with Crippen LogP contribution in [-0.2, 0) is 10.7 Å². The molecule has 0 unspecified atom stereocenters. The van der Waals surface area contributed by atoms with Crippen molar-refractivity contribution >= 4 is 0 Å². The molecular formula is C9H11FN2O4. The Morgan fingerprint density at radius 2 is 2.44 bits per heavy atom. The van der Waals surface area contributed by atoms with Gasteiger partial charge in [-0.2, -0.15) is 4.39 Å². The van der Waals surface area contributed by atoms with E-state index < -0.39 is 23.3 Å². The lowest BCUT2D eigenvalue weighted by molar-refractivity contribution is -0.204. The molecule has 0 bridgehead atoms. The molecule has 0 amide bonds. The molecule has 0 radical (unpaired) electrons. The summed E-state index contributed by atoms with van der Waals surface area (Å²) in [4.78, 5) is 24.1. The second-order valence-electron chi connectivity index (χ2n) is 3.63. The summed E-state index contributed by atoms with van der Waals surface area (Å²) in [6, 6.07) is 1.04. The Hall–Kier alpha value is -1.47. The van der Waals surface area contributed by atoms with Gasteiger partial charge in [0, 0.05) is 18.7 Å². The fraction of sp³-hybridized carbons (Fsp3) is 0.556. The second kappa shape index (κ2) is 3.84. The van der Waals surface area contributed by atoms with E-state index in [1.807, 2.05) is 4.98 Å². The zero-order valence-corrected chi connectivity index (χ0v) is 8.35. The maximum Gasteiger partial charge on any atom is 0.332 e. The summed E-state index contributed by atoms with van der Waals surface area (Å²) in [6.45, 7) is -0.302. The normalized spacial score (nSPS) is 29.5. The van der Waals surface area contributed by atoms with Crippen LogP contribution in [0, 0.1) is 0 Å². The number of ether oxygens (including phenoxy) is 1. The fourth-order valence-corrected chi connectivity index (χ4v) is 1.70. The average molecular weight is 230 g/mol. The van der Waals surface area contributed by atoms with Crippen LogP contribution in [0.15, 0.2) is 21.9 Å². The summed E-state index contributed by atoms with van der Waals surface area (Å²) in [5, 5.41) is 8.82. The standard InChI is InChI=1S/C9H11FN2O4/c10-9(3-1-6(5-13)16-9)12-4-2-7(14)11-8(12)15/h2,4,6,13H,1,3,5H2,(H,11,14,15)/t6-,9-/m0/s1. The van der Waals surface area contributed by atoms with Crippen LogP contribution in [-0.4, -0.2) is 27.4 Å². The number of alkyl halides is 1. The molecule has 0 aromatic carbocycles. The van der Waals surface area contributed by atoms with Gasteiger partial charge in [-0.1, -0.05) is 0 Å². The Labute approximate surface area is 89.3 Å². The highest BCUT2D eigenvalue weighted by Gasteiger charge is 2.42. The minimum Gasteiger partial charge on any atom is -0.394 e. The van der Waals surface area contributed by atoms with E-state index in [0.29, 0.717) is 11.0 Å². The van der Waals surface area contributed by atoms with Crippen LogP contribution >= 0.6 is 0 Å². The Morgan fingerprint density at radius 3 is 3.00 bits per heavy atom. The molecule has 2 heterocycles. The third kappa shape index (κ3) is 1.79. The lowest BCUT2D eigenvalue weighted by Gasteiger charge is -2.21. The highest BCUT2D eigenvalue weighted by Crippen LogP contribution is 2.34. The molecule has 0 aliphatic carbocycles. The number of aromatic nitrogens is 2. The molecule has 1 aromatic heterocycles. The Balaban J connectivity index is 2.37. The molecular weight excluding hydrogens is 219 g/mol. The predicted octanol–water partition coefficient (Wildman–Crippen LogP) is -0.712. The third-order valence-corrected chi connectivity index (χ3v) is 2.51. The molecule has 6 nitrogen and oxygen atoms in total. The number of aliphatic hydroxyl groups is 1. The number of nitrogens with zero attached hydrogens (tertiary/aromatic N) is 1. The van der Waals surface area contributed by atoms with Crippen LogP contribution in [0.3, 0.4) is 0 Å². The van der Waals surface area contributed by atoms with Crippen molar-refractivity contribution in [3.63, 3.8) is 0 Å². The zero-order valence-electron chi connectivity index (χ0n) is 8.35. The number of halogens is 1. The maximum atomic E-state index is 14.2. The van der Waals surface area contributed by atoms with Crippen molar-refractivity contribution in [2.75, 3.05) is 6.61 Å². The van der Waals surface area contributed by atoms with Gasteiger partial charge in [0.25, 0.3) is 11.5 Å². The molecule has 1 aliphatic rings. The van der Waals surface area contributed by atoms with Gasteiger partial charge in [0.15, 0.2) is 0 Å². The number of hydrogen-bond acceptors (Lipinski definition) is 4. The number of aliphatic hydroxyl groups excluding tert-OH is 1. The van der Waals surface area contributed by atoms with E-state index in [1.165, 1.54) is 0 Å². The largest absolute Gasteiger partial charge is 0.394 e. The van der Waals surface area contributed by atoms with Gasteiger partial charge in [0.2, 0.25) is 0 Å². The summed E-state index contributed by atoms with van der Waals surface area (Å²) in [7, 11) is 0. The van der Waals surface area contributed by atoms with Crippen LogP contribution in [0.25, 0.3) is 0 Å². The van der Waals surface area contributed by atoms with E-state index in [1.54, 1.807) is 0 Å². The van der Waals surface area contributed by atoms with Gasteiger partial charge in [-0.25, -0.2) is 9.36 Å². The van der Waals surface area contributed by atoms with Gasteiger partial charge < -0.3 is 9.84 Å². The Bertz CT molecular complexity index is 497. The molecule has 88 valence electrons. The summed E-state index contributed by atoms with van der Waals surface area (Å²) in [5.74, 6) is -2.28. The third-order valence-electron chi connectivity index (χ3n) is 2.51. The summed E-state index contributed by atoms with van der Waals surface area (Å²) in [5.41, 5.74) is -1.46. The summed E-state index contributed by atoms with van der Waals surface area (Å²) in [6.07, 6.45) is 0.702. The minimum atomic E-state index is -2.28. The van der Waals surface area contributed by atoms with Crippen molar-refractivity contribution in [1.82, 2.24) is 9.55 Å². The van der Waals surface area contributed by atoms with E-state index in [2.05, 4.69) is 0 Å². The van der Waals surface area contributed by atoms with Crippen molar-refractivity contribution in [2.45, 2.75) is 24.9 Å². The first kappa shape index (κ1) is 11.0. The molecule has 2 rings (SSSR count). The molecule has 7 heteroatoms. The lowest BCUT2D eigenvalue weighted by atomic mass is 10.2. The van der Waals surface area contributed by atoms with E-state index in [0.717, 1.165) is 12.3 Å². The Morgan fingerprint density at radius 1 is 1.69 bits per heavy atom. The van der Waals surface area contributed by atoms with Crippen LogP contribution in [0.1, 0.15) is 12.8 Å². The summed E-state index contributed by atoms with van der Waals surface area (Å²) < 4.78 is 19.8. The van der Waals surface area contributed by atoms with Gasteiger partial charge >= 0.3 is 5.69 Å². The van der Waals surface area contributed by atoms with Crippen LogP contribution in [0.4, 0.5) is 4.39 Å². The van der Waals surface area contributed by atoms with E-state index >= 15 is 0 Å². The number of nitrogens with one attached hydrogen (secondary N) is 1. The first-order chi connectivity index (χ1) is 7.55. The number of rotatable bonds is 2. The molecule has 1 aliphatic heterocycles.